The average Bonchev–Trinajstić information content (AvgIpc) is 2.89. The van der Waals surface area contributed by atoms with Crippen molar-refractivity contribution in [3.05, 3.63) is 108 Å². The van der Waals surface area contributed by atoms with E-state index in [4.69, 9.17) is 16.3 Å². The molecule has 4 aromatic carbocycles. The second-order valence-electron chi connectivity index (χ2n) is 7.37. The van der Waals surface area contributed by atoms with Crippen LogP contribution >= 0.6 is 11.6 Å². The number of amides is 1. The lowest BCUT2D eigenvalue weighted by atomic mass is 10.1. The predicted molar refractivity (Wildman–Crippen MR) is 137 cm³/mol. The summed E-state index contributed by atoms with van der Waals surface area (Å²) in [4.78, 5) is 12.1. The molecule has 0 spiro atoms. The van der Waals surface area contributed by atoms with E-state index in [1.54, 1.807) is 48.5 Å². The molecule has 4 aromatic rings. The number of phenols is 1. The van der Waals surface area contributed by atoms with Crippen molar-refractivity contribution in [3.63, 3.8) is 0 Å². The molecule has 174 valence electrons. The summed E-state index contributed by atoms with van der Waals surface area (Å²) in [5.41, 5.74) is 5.90. The molecule has 0 aromatic heterocycles. The Balaban J connectivity index is 1.30. The number of hydrogen-bond acceptors (Lipinski definition) is 6. The molecule has 0 heterocycles. The number of hydrogen-bond donors (Lipinski definition) is 2. The Bertz CT molecular complexity index is 1360. The van der Waals surface area contributed by atoms with Gasteiger partial charge in [0.2, 0.25) is 0 Å². The number of nitrogens with one attached hydrogen (secondary N) is 1. The Morgan fingerprint density at radius 3 is 2.37 bits per heavy atom. The van der Waals surface area contributed by atoms with E-state index in [2.05, 4.69) is 20.8 Å². The number of benzene rings is 4. The van der Waals surface area contributed by atoms with Crippen LogP contribution in [-0.2, 0) is 4.79 Å². The molecule has 1 amide bonds. The highest BCUT2D eigenvalue weighted by Crippen LogP contribution is 2.28. The zero-order valence-electron chi connectivity index (χ0n) is 18.5. The summed E-state index contributed by atoms with van der Waals surface area (Å²) in [5.74, 6) is 0.106. The van der Waals surface area contributed by atoms with Gasteiger partial charge in [0.25, 0.3) is 5.91 Å². The van der Waals surface area contributed by atoms with Crippen molar-refractivity contribution in [2.24, 2.45) is 15.3 Å². The smallest absolute Gasteiger partial charge is 0.277 e. The number of halogens is 1. The molecule has 7 nitrogen and oxygen atoms in total. The summed E-state index contributed by atoms with van der Waals surface area (Å²) in [6.07, 6.45) is 1.32. The Hall–Kier alpha value is -4.49. The van der Waals surface area contributed by atoms with E-state index in [9.17, 15) is 9.90 Å². The van der Waals surface area contributed by atoms with Crippen LogP contribution < -0.4 is 10.2 Å². The van der Waals surface area contributed by atoms with Gasteiger partial charge >= 0.3 is 0 Å². The quantitative estimate of drug-likeness (QED) is 0.166. The summed E-state index contributed by atoms with van der Waals surface area (Å²) in [7, 11) is 0. The Morgan fingerprint density at radius 2 is 1.60 bits per heavy atom. The van der Waals surface area contributed by atoms with Crippen LogP contribution in [0.15, 0.2) is 112 Å². The van der Waals surface area contributed by atoms with Gasteiger partial charge in [-0.2, -0.15) is 10.2 Å². The highest BCUT2D eigenvalue weighted by molar-refractivity contribution is 6.32. The molecule has 0 saturated carbocycles. The van der Waals surface area contributed by atoms with Gasteiger partial charge in [-0.25, -0.2) is 5.43 Å². The number of phenolic OH excluding ortho intramolecular Hbond substituents is 1. The minimum absolute atomic E-state index is 0.0190. The Morgan fingerprint density at radius 1 is 0.886 bits per heavy atom. The van der Waals surface area contributed by atoms with Crippen LogP contribution in [0, 0.1) is 0 Å². The van der Waals surface area contributed by atoms with E-state index in [-0.39, 0.29) is 12.4 Å². The standard InChI is InChI=1S/C27H21ClN4O3/c28-24-8-4-5-9-25(24)31-30-22-12-15-26(33)21(16-22)17-29-32-27(34)18-35-23-13-10-20(11-14-23)19-6-2-1-3-7-19/h1-17,33H,18H2,(H,32,34). The van der Waals surface area contributed by atoms with Gasteiger partial charge in [0.1, 0.15) is 17.2 Å². The molecular formula is C27H21ClN4O3. The Kier molecular flexibility index (Phi) is 7.83. The Labute approximate surface area is 207 Å². The van der Waals surface area contributed by atoms with E-state index in [0.29, 0.717) is 27.7 Å². The number of nitrogens with zero attached hydrogens (tertiary/aromatic N) is 3. The zero-order valence-corrected chi connectivity index (χ0v) is 19.3. The predicted octanol–water partition coefficient (Wildman–Crippen LogP) is 6.66. The van der Waals surface area contributed by atoms with E-state index in [1.807, 2.05) is 42.5 Å². The van der Waals surface area contributed by atoms with Gasteiger partial charge in [-0.05, 0) is 53.6 Å². The maximum Gasteiger partial charge on any atom is 0.277 e. The molecule has 0 saturated heterocycles. The highest BCUT2D eigenvalue weighted by Gasteiger charge is 2.04. The van der Waals surface area contributed by atoms with E-state index in [1.165, 1.54) is 12.3 Å². The van der Waals surface area contributed by atoms with Gasteiger partial charge in [-0.3, -0.25) is 4.79 Å². The molecule has 35 heavy (non-hydrogen) atoms. The molecule has 0 unspecified atom stereocenters. The monoisotopic (exact) mass is 484 g/mol. The van der Waals surface area contributed by atoms with E-state index in [0.717, 1.165) is 11.1 Å². The van der Waals surface area contributed by atoms with Crippen molar-refractivity contribution in [2.45, 2.75) is 0 Å². The number of carbonyl (C=O) groups is 1. The average molecular weight is 485 g/mol. The molecule has 0 aliphatic heterocycles. The van der Waals surface area contributed by atoms with Crippen LogP contribution in [-0.4, -0.2) is 23.8 Å². The van der Waals surface area contributed by atoms with Crippen molar-refractivity contribution in [3.8, 4) is 22.6 Å². The maximum atomic E-state index is 12.1. The van der Waals surface area contributed by atoms with Gasteiger partial charge in [-0.15, -0.1) is 5.11 Å². The fraction of sp³-hybridized carbons (Fsp3) is 0.0370. The first kappa shape index (κ1) is 23.7. The number of aromatic hydroxyl groups is 1. The third kappa shape index (κ3) is 6.75. The van der Waals surface area contributed by atoms with Gasteiger partial charge in [0.15, 0.2) is 6.61 Å². The maximum absolute atomic E-state index is 12.1. The zero-order chi connectivity index (χ0) is 24.5. The molecular weight excluding hydrogens is 464 g/mol. The van der Waals surface area contributed by atoms with Crippen LogP contribution in [0.1, 0.15) is 5.56 Å². The van der Waals surface area contributed by atoms with E-state index < -0.39 is 5.91 Å². The van der Waals surface area contributed by atoms with Gasteiger partial charge in [0, 0.05) is 5.56 Å². The minimum atomic E-state index is -0.442. The first-order valence-electron chi connectivity index (χ1n) is 10.7. The van der Waals surface area contributed by atoms with Gasteiger partial charge in [0.05, 0.1) is 16.9 Å². The number of azo groups is 1. The summed E-state index contributed by atoms with van der Waals surface area (Å²) >= 11 is 6.08. The molecule has 0 aliphatic rings. The summed E-state index contributed by atoms with van der Waals surface area (Å²) in [6, 6.07) is 29.2. The number of rotatable bonds is 8. The van der Waals surface area contributed by atoms with Crippen LogP contribution in [0.5, 0.6) is 11.5 Å². The van der Waals surface area contributed by atoms with Crippen LogP contribution in [0.25, 0.3) is 11.1 Å². The lowest BCUT2D eigenvalue weighted by Gasteiger charge is -2.07. The van der Waals surface area contributed by atoms with Crippen LogP contribution in [0.2, 0.25) is 5.02 Å². The second kappa shape index (κ2) is 11.6. The molecule has 0 radical (unpaired) electrons. The molecule has 0 atom stereocenters. The number of ether oxygens (including phenoxy) is 1. The topological polar surface area (TPSA) is 95.6 Å². The number of carbonyl (C=O) groups excluding carboxylic acids is 1. The first-order valence-corrected chi connectivity index (χ1v) is 11.1. The first-order chi connectivity index (χ1) is 17.1. The minimum Gasteiger partial charge on any atom is -0.507 e. The third-order valence-corrected chi connectivity index (χ3v) is 5.18. The van der Waals surface area contributed by atoms with Gasteiger partial charge in [-0.1, -0.05) is 66.2 Å². The molecule has 0 bridgehead atoms. The van der Waals surface area contributed by atoms with Crippen molar-refractivity contribution in [1.29, 1.82) is 0 Å². The third-order valence-electron chi connectivity index (χ3n) is 4.86. The molecule has 0 aliphatic carbocycles. The molecule has 0 fully saturated rings. The highest BCUT2D eigenvalue weighted by atomic mass is 35.5. The van der Waals surface area contributed by atoms with Crippen molar-refractivity contribution < 1.29 is 14.6 Å². The lowest BCUT2D eigenvalue weighted by Crippen LogP contribution is -2.24. The second-order valence-corrected chi connectivity index (χ2v) is 7.77. The molecule has 4 rings (SSSR count). The van der Waals surface area contributed by atoms with Crippen molar-refractivity contribution in [2.75, 3.05) is 6.61 Å². The van der Waals surface area contributed by atoms with Crippen molar-refractivity contribution >= 4 is 35.1 Å². The summed E-state index contributed by atoms with van der Waals surface area (Å²) in [5, 5.41) is 22.7. The number of hydrazone groups is 1. The molecule has 8 heteroatoms. The largest absolute Gasteiger partial charge is 0.507 e. The van der Waals surface area contributed by atoms with Crippen LogP contribution in [0.4, 0.5) is 11.4 Å². The van der Waals surface area contributed by atoms with Crippen molar-refractivity contribution in [1.82, 2.24) is 5.43 Å². The van der Waals surface area contributed by atoms with Gasteiger partial charge < -0.3 is 9.84 Å². The molecule has 2 N–H and O–H groups in total. The summed E-state index contributed by atoms with van der Waals surface area (Å²) < 4.78 is 5.51. The lowest BCUT2D eigenvalue weighted by molar-refractivity contribution is -0.123. The normalized spacial score (nSPS) is 11.1. The summed E-state index contributed by atoms with van der Waals surface area (Å²) in [6.45, 7) is -0.208. The fourth-order valence-electron chi connectivity index (χ4n) is 3.08. The fourth-order valence-corrected chi connectivity index (χ4v) is 3.25. The van der Waals surface area contributed by atoms with Crippen LogP contribution in [0.3, 0.4) is 0 Å². The van der Waals surface area contributed by atoms with E-state index >= 15 is 0 Å². The SMILES string of the molecule is O=C(COc1ccc(-c2ccccc2)cc1)NN=Cc1cc(N=Nc2ccccc2Cl)ccc1O.